The zero-order valence-corrected chi connectivity index (χ0v) is 10.4. The van der Waals surface area contributed by atoms with Crippen molar-refractivity contribution in [2.45, 2.75) is 23.1 Å². The molecule has 2 nitrogen and oxygen atoms in total. The molecule has 1 aromatic carbocycles. The fourth-order valence-corrected chi connectivity index (χ4v) is 2.20. The lowest BCUT2D eigenvalue weighted by atomic mass is 10.3. The number of hydrogen-bond donors (Lipinski definition) is 2. The van der Waals surface area contributed by atoms with E-state index in [9.17, 15) is 0 Å². The van der Waals surface area contributed by atoms with Gasteiger partial charge >= 0.3 is 0 Å². The summed E-state index contributed by atoms with van der Waals surface area (Å²) in [5, 5.41) is 9.17. The Morgan fingerprint density at radius 1 is 1.43 bits per heavy atom. The summed E-state index contributed by atoms with van der Waals surface area (Å²) in [6.07, 6.45) is 0. The number of hydrogen-bond acceptors (Lipinski definition) is 3. The molecule has 0 saturated carbocycles. The standard InChI is InChI=1S/C10H14BrNOS/c1-7(12)10(6-13)14-9-4-2-8(11)3-5-9/h2-5,7,10,13H,6,12H2,1H3. The van der Waals surface area contributed by atoms with E-state index in [0.717, 1.165) is 9.37 Å². The maximum atomic E-state index is 9.10. The zero-order chi connectivity index (χ0) is 10.6. The van der Waals surface area contributed by atoms with E-state index in [-0.39, 0.29) is 17.9 Å². The number of aliphatic hydroxyl groups is 1. The molecule has 78 valence electrons. The lowest BCUT2D eigenvalue weighted by Crippen LogP contribution is -2.31. The van der Waals surface area contributed by atoms with Crippen LogP contribution in [0.2, 0.25) is 0 Å². The highest BCUT2D eigenvalue weighted by atomic mass is 79.9. The Labute approximate surface area is 97.0 Å². The van der Waals surface area contributed by atoms with Crippen molar-refractivity contribution in [2.75, 3.05) is 6.61 Å². The van der Waals surface area contributed by atoms with Crippen LogP contribution in [0, 0.1) is 0 Å². The number of rotatable bonds is 4. The molecule has 0 aliphatic carbocycles. The van der Waals surface area contributed by atoms with Crippen LogP contribution in [-0.2, 0) is 0 Å². The summed E-state index contributed by atoms with van der Waals surface area (Å²) in [5.41, 5.74) is 5.73. The van der Waals surface area contributed by atoms with Gasteiger partial charge in [0.15, 0.2) is 0 Å². The van der Waals surface area contributed by atoms with Gasteiger partial charge in [0.1, 0.15) is 0 Å². The topological polar surface area (TPSA) is 46.2 Å². The third-order valence-corrected chi connectivity index (χ3v) is 3.82. The summed E-state index contributed by atoms with van der Waals surface area (Å²) >= 11 is 4.98. The highest BCUT2D eigenvalue weighted by Gasteiger charge is 2.13. The van der Waals surface area contributed by atoms with Crippen molar-refractivity contribution in [3.63, 3.8) is 0 Å². The third kappa shape index (κ3) is 3.61. The van der Waals surface area contributed by atoms with Crippen molar-refractivity contribution < 1.29 is 5.11 Å². The van der Waals surface area contributed by atoms with Gasteiger partial charge in [0.25, 0.3) is 0 Å². The van der Waals surface area contributed by atoms with E-state index in [1.54, 1.807) is 11.8 Å². The average molecular weight is 276 g/mol. The highest BCUT2D eigenvalue weighted by molar-refractivity contribution is 9.10. The lowest BCUT2D eigenvalue weighted by molar-refractivity contribution is 0.285. The molecule has 0 aliphatic rings. The molecule has 4 heteroatoms. The molecular weight excluding hydrogens is 262 g/mol. The van der Waals surface area contributed by atoms with Crippen LogP contribution >= 0.6 is 27.7 Å². The molecule has 2 atom stereocenters. The van der Waals surface area contributed by atoms with E-state index < -0.39 is 0 Å². The molecule has 1 aromatic rings. The third-order valence-electron chi connectivity index (χ3n) is 1.87. The average Bonchev–Trinajstić information content (AvgIpc) is 2.16. The summed E-state index contributed by atoms with van der Waals surface area (Å²) in [7, 11) is 0. The smallest absolute Gasteiger partial charge is 0.0568 e. The SMILES string of the molecule is CC(N)C(CO)Sc1ccc(Br)cc1. The van der Waals surface area contributed by atoms with Gasteiger partial charge in [0.2, 0.25) is 0 Å². The second kappa shape index (κ2) is 5.75. The molecule has 0 amide bonds. The second-order valence-electron chi connectivity index (χ2n) is 3.15. The van der Waals surface area contributed by atoms with Crippen LogP contribution in [0.15, 0.2) is 33.6 Å². The minimum atomic E-state index is -0.00588. The van der Waals surface area contributed by atoms with Gasteiger partial charge in [-0.25, -0.2) is 0 Å². The van der Waals surface area contributed by atoms with Crippen LogP contribution in [-0.4, -0.2) is 23.0 Å². The Balaban J connectivity index is 2.63. The lowest BCUT2D eigenvalue weighted by Gasteiger charge is -2.17. The quantitative estimate of drug-likeness (QED) is 0.829. The molecule has 0 bridgehead atoms. The number of nitrogens with two attached hydrogens (primary N) is 1. The summed E-state index contributed by atoms with van der Waals surface area (Å²) in [4.78, 5) is 1.13. The predicted molar refractivity (Wildman–Crippen MR) is 64.5 cm³/mol. The number of aliphatic hydroxyl groups excluding tert-OH is 1. The Bertz CT molecular complexity index is 276. The summed E-state index contributed by atoms with van der Waals surface area (Å²) in [6, 6.07) is 7.99. The van der Waals surface area contributed by atoms with Gasteiger partial charge in [-0.1, -0.05) is 15.9 Å². The first-order valence-electron chi connectivity index (χ1n) is 4.42. The van der Waals surface area contributed by atoms with Gasteiger partial charge in [-0.05, 0) is 31.2 Å². The van der Waals surface area contributed by atoms with Crippen LogP contribution in [0.1, 0.15) is 6.92 Å². The van der Waals surface area contributed by atoms with Crippen molar-refractivity contribution in [1.82, 2.24) is 0 Å². The van der Waals surface area contributed by atoms with Gasteiger partial charge < -0.3 is 10.8 Å². The molecule has 3 N–H and O–H groups in total. The van der Waals surface area contributed by atoms with Gasteiger partial charge in [0.05, 0.1) is 6.61 Å². The van der Waals surface area contributed by atoms with Gasteiger partial charge in [0, 0.05) is 20.7 Å². The van der Waals surface area contributed by atoms with Crippen molar-refractivity contribution in [1.29, 1.82) is 0 Å². The predicted octanol–water partition coefficient (Wildman–Crippen LogP) is 2.25. The number of halogens is 1. The van der Waals surface area contributed by atoms with E-state index in [0.29, 0.717) is 0 Å². The Morgan fingerprint density at radius 2 is 2.00 bits per heavy atom. The molecule has 1 rings (SSSR count). The molecule has 0 fully saturated rings. The first kappa shape index (κ1) is 12.0. The fourth-order valence-electron chi connectivity index (χ4n) is 0.999. The van der Waals surface area contributed by atoms with Crippen LogP contribution in [0.4, 0.5) is 0 Å². The van der Waals surface area contributed by atoms with E-state index in [1.165, 1.54) is 0 Å². The minimum absolute atomic E-state index is 0.00588. The first-order chi connectivity index (χ1) is 6.63. The maximum Gasteiger partial charge on any atom is 0.0568 e. The largest absolute Gasteiger partial charge is 0.395 e. The van der Waals surface area contributed by atoms with Gasteiger partial charge in [-0.2, -0.15) is 0 Å². The van der Waals surface area contributed by atoms with Crippen LogP contribution < -0.4 is 5.73 Å². The first-order valence-corrected chi connectivity index (χ1v) is 6.09. The summed E-state index contributed by atoms with van der Waals surface area (Å²) in [5.74, 6) is 0. The van der Waals surface area contributed by atoms with E-state index >= 15 is 0 Å². The van der Waals surface area contributed by atoms with Gasteiger partial charge in [-0.15, -0.1) is 11.8 Å². The van der Waals surface area contributed by atoms with E-state index in [1.807, 2.05) is 31.2 Å². The number of thioether (sulfide) groups is 1. The monoisotopic (exact) mass is 275 g/mol. The highest BCUT2D eigenvalue weighted by Crippen LogP contribution is 2.25. The van der Waals surface area contributed by atoms with Crippen LogP contribution in [0.25, 0.3) is 0 Å². The van der Waals surface area contributed by atoms with Crippen LogP contribution in [0.5, 0.6) is 0 Å². The van der Waals surface area contributed by atoms with Gasteiger partial charge in [-0.3, -0.25) is 0 Å². The van der Waals surface area contributed by atoms with E-state index in [4.69, 9.17) is 10.8 Å². The zero-order valence-electron chi connectivity index (χ0n) is 7.98. The molecule has 0 aromatic heterocycles. The number of benzene rings is 1. The molecule has 0 radical (unpaired) electrons. The molecule has 0 heterocycles. The van der Waals surface area contributed by atoms with Crippen molar-refractivity contribution >= 4 is 27.7 Å². The normalized spacial score (nSPS) is 15.1. The molecule has 14 heavy (non-hydrogen) atoms. The Kier molecular flexibility index (Phi) is 4.95. The van der Waals surface area contributed by atoms with Crippen LogP contribution in [0.3, 0.4) is 0 Å². The molecular formula is C10H14BrNOS. The van der Waals surface area contributed by atoms with Crippen molar-refractivity contribution in [3.8, 4) is 0 Å². The molecule has 0 spiro atoms. The molecule has 0 saturated heterocycles. The van der Waals surface area contributed by atoms with Crippen molar-refractivity contribution in [2.24, 2.45) is 5.73 Å². The minimum Gasteiger partial charge on any atom is -0.395 e. The Hall–Kier alpha value is -0.0300. The molecule has 0 aliphatic heterocycles. The van der Waals surface area contributed by atoms with E-state index in [2.05, 4.69) is 15.9 Å². The Morgan fingerprint density at radius 3 is 2.43 bits per heavy atom. The fraction of sp³-hybridized carbons (Fsp3) is 0.400. The second-order valence-corrected chi connectivity index (χ2v) is 5.38. The summed E-state index contributed by atoms with van der Waals surface area (Å²) < 4.78 is 1.06. The maximum absolute atomic E-state index is 9.10. The summed E-state index contributed by atoms with van der Waals surface area (Å²) in [6.45, 7) is 2.02. The van der Waals surface area contributed by atoms with Crippen molar-refractivity contribution in [3.05, 3.63) is 28.7 Å². The molecule has 2 unspecified atom stereocenters.